The fourth-order valence-electron chi connectivity index (χ4n) is 2.01. The van der Waals surface area contributed by atoms with Crippen LogP contribution in [0.2, 0.25) is 0 Å². The molecule has 0 amide bonds. The van der Waals surface area contributed by atoms with E-state index in [1.807, 2.05) is 0 Å². The van der Waals surface area contributed by atoms with Gasteiger partial charge in [0, 0.05) is 27.8 Å². The molecule has 0 aliphatic heterocycles. The minimum absolute atomic E-state index is 1.24. The van der Waals surface area contributed by atoms with Crippen LogP contribution in [0.5, 0.6) is 0 Å². The van der Waals surface area contributed by atoms with E-state index in [4.69, 9.17) is 0 Å². The number of thioether (sulfide) groups is 2. The van der Waals surface area contributed by atoms with Gasteiger partial charge in [0.05, 0.1) is 0 Å². The van der Waals surface area contributed by atoms with Crippen LogP contribution < -0.4 is 4.57 Å². The van der Waals surface area contributed by atoms with Crippen molar-refractivity contribution in [3.05, 3.63) is 45.8 Å². The minimum atomic E-state index is 1.24. The van der Waals surface area contributed by atoms with E-state index in [9.17, 15) is 0 Å². The summed E-state index contributed by atoms with van der Waals surface area (Å²) in [6.45, 7) is 2.13. The zero-order valence-corrected chi connectivity index (χ0v) is 12.9. The first-order valence-electron chi connectivity index (χ1n) is 5.85. The molecule has 0 aliphatic carbocycles. The minimum Gasteiger partial charge on any atom is -0.195 e. The van der Waals surface area contributed by atoms with Gasteiger partial charge in [0.25, 0.3) is 0 Å². The maximum absolute atomic E-state index is 2.25. The van der Waals surface area contributed by atoms with Crippen molar-refractivity contribution in [1.29, 1.82) is 0 Å². The van der Waals surface area contributed by atoms with Gasteiger partial charge in [0.2, 0.25) is 11.2 Å². The van der Waals surface area contributed by atoms with E-state index in [2.05, 4.69) is 67.5 Å². The second-order valence-corrected chi connectivity index (χ2v) is 6.21. The largest absolute Gasteiger partial charge is 0.212 e. The molecule has 0 saturated heterocycles. The molecule has 0 unspecified atom stereocenters. The third kappa shape index (κ3) is 2.73. The van der Waals surface area contributed by atoms with Crippen molar-refractivity contribution >= 4 is 40.5 Å². The number of nitrogens with zero attached hydrogens (tertiary/aromatic N) is 1. The molecule has 1 heterocycles. The van der Waals surface area contributed by atoms with Crippen molar-refractivity contribution in [3.8, 4) is 0 Å². The van der Waals surface area contributed by atoms with Gasteiger partial charge in [-0.1, -0.05) is 11.6 Å². The van der Waals surface area contributed by atoms with Crippen LogP contribution in [-0.2, 0) is 7.05 Å². The van der Waals surface area contributed by atoms with E-state index in [0.717, 1.165) is 0 Å². The molecule has 1 aromatic carbocycles. The van der Waals surface area contributed by atoms with Crippen molar-refractivity contribution in [2.24, 2.45) is 7.05 Å². The van der Waals surface area contributed by atoms with Crippen molar-refractivity contribution in [3.63, 3.8) is 0 Å². The SMILES string of the molecule is CSC(=Cc1ccc2cc(C)ccc2[n+]1C)SC. The van der Waals surface area contributed by atoms with Gasteiger partial charge in [-0.25, -0.2) is 0 Å². The summed E-state index contributed by atoms with van der Waals surface area (Å²) < 4.78 is 3.58. The van der Waals surface area contributed by atoms with E-state index < -0.39 is 0 Å². The van der Waals surface area contributed by atoms with E-state index in [-0.39, 0.29) is 0 Å². The van der Waals surface area contributed by atoms with Crippen LogP contribution >= 0.6 is 23.5 Å². The maximum atomic E-state index is 2.25. The number of hydrogen-bond acceptors (Lipinski definition) is 2. The molecule has 2 aromatic rings. The van der Waals surface area contributed by atoms with Crippen molar-refractivity contribution in [2.45, 2.75) is 6.92 Å². The zero-order valence-electron chi connectivity index (χ0n) is 11.2. The Bertz CT molecular complexity index is 597. The molecule has 0 atom stereocenters. The molecule has 0 N–H and O–H groups in total. The van der Waals surface area contributed by atoms with Crippen molar-refractivity contribution in [2.75, 3.05) is 12.5 Å². The summed E-state index contributed by atoms with van der Waals surface area (Å²) in [4.78, 5) is 0. The summed E-state index contributed by atoms with van der Waals surface area (Å²) >= 11 is 3.58. The predicted octanol–water partition coefficient (Wildman–Crippen LogP) is 4.00. The third-order valence-electron chi connectivity index (χ3n) is 3.03. The standard InChI is InChI=1S/C15H18NS2/c1-11-5-8-14-12(9-11)6-7-13(16(14)2)10-15(17-3)18-4/h5-10H,1-4H3/q+1. The van der Waals surface area contributed by atoms with E-state index in [1.165, 1.54) is 26.4 Å². The Morgan fingerprint density at radius 1 is 1.11 bits per heavy atom. The number of hydrogen-bond donors (Lipinski definition) is 0. The van der Waals surface area contributed by atoms with Crippen LogP contribution in [0.15, 0.2) is 34.6 Å². The molecule has 0 aliphatic rings. The molecule has 1 nitrogen and oxygen atoms in total. The molecule has 0 saturated carbocycles. The summed E-state index contributed by atoms with van der Waals surface area (Å²) in [5.41, 5.74) is 3.82. The normalized spacial score (nSPS) is 10.7. The van der Waals surface area contributed by atoms with Crippen molar-refractivity contribution < 1.29 is 4.57 Å². The number of benzene rings is 1. The summed E-state index contributed by atoms with van der Waals surface area (Å²) in [5, 5.41) is 1.30. The third-order valence-corrected chi connectivity index (χ3v) is 5.07. The van der Waals surface area contributed by atoms with Gasteiger partial charge in [-0.15, -0.1) is 23.5 Å². The van der Waals surface area contributed by atoms with Crippen LogP contribution in [0.3, 0.4) is 0 Å². The second-order valence-electron chi connectivity index (χ2n) is 4.25. The second kappa shape index (κ2) is 5.81. The Hall–Kier alpha value is -0.930. The van der Waals surface area contributed by atoms with Gasteiger partial charge in [-0.05, 0) is 31.6 Å². The first kappa shape index (κ1) is 13.5. The average Bonchev–Trinajstić information content (AvgIpc) is 2.38. The van der Waals surface area contributed by atoms with E-state index in [0.29, 0.717) is 0 Å². The van der Waals surface area contributed by atoms with Crippen LogP contribution in [0.1, 0.15) is 11.3 Å². The first-order valence-corrected chi connectivity index (χ1v) is 8.29. The smallest absolute Gasteiger partial charge is 0.195 e. The molecule has 0 fully saturated rings. The van der Waals surface area contributed by atoms with Gasteiger partial charge < -0.3 is 0 Å². The van der Waals surface area contributed by atoms with Crippen molar-refractivity contribution in [1.82, 2.24) is 0 Å². The Balaban J connectivity index is 2.58. The summed E-state index contributed by atoms with van der Waals surface area (Å²) in [6.07, 6.45) is 6.48. The number of fused-ring (bicyclic) bond motifs is 1. The lowest BCUT2D eigenvalue weighted by Gasteiger charge is -2.03. The fourth-order valence-corrected chi connectivity index (χ4v) is 3.15. The number of aryl methyl sites for hydroxylation is 2. The number of rotatable bonds is 3. The quantitative estimate of drug-likeness (QED) is 0.780. The lowest BCUT2D eigenvalue weighted by molar-refractivity contribution is -0.646. The topological polar surface area (TPSA) is 3.88 Å². The summed E-state index contributed by atoms with van der Waals surface area (Å²) in [6, 6.07) is 11.0. The Morgan fingerprint density at radius 2 is 1.83 bits per heavy atom. The summed E-state index contributed by atoms with van der Waals surface area (Å²) in [5.74, 6) is 0. The Kier molecular flexibility index (Phi) is 4.36. The summed E-state index contributed by atoms with van der Waals surface area (Å²) in [7, 11) is 2.13. The number of pyridine rings is 1. The molecule has 0 bridgehead atoms. The lowest BCUT2D eigenvalue weighted by atomic mass is 10.1. The molecule has 2 rings (SSSR count). The lowest BCUT2D eigenvalue weighted by Crippen LogP contribution is -2.32. The maximum Gasteiger partial charge on any atom is 0.212 e. The molecule has 0 radical (unpaired) electrons. The van der Waals surface area contributed by atoms with E-state index >= 15 is 0 Å². The highest BCUT2D eigenvalue weighted by molar-refractivity contribution is 8.21. The van der Waals surface area contributed by atoms with Gasteiger partial charge in [-0.3, -0.25) is 0 Å². The van der Waals surface area contributed by atoms with Gasteiger partial charge in [0.1, 0.15) is 7.05 Å². The van der Waals surface area contributed by atoms with Crippen LogP contribution in [0, 0.1) is 6.92 Å². The molecule has 3 heteroatoms. The molecule has 94 valence electrons. The number of aromatic nitrogens is 1. The fraction of sp³-hybridized carbons (Fsp3) is 0.267. The molecular formula is C15H18NS2+. The highest BCUT2D eigenvalue weighted by atomic mass is 32.2. The Labute approximate surface area is 117 Å². The Morgan fingerprint density at radius 3 is 2.50 bits per heavy atom. The van der Waals surface area contributed by atoms with E-state index in [1.54, 1.807) is 23.5 Å². The average molecular weight is 276 g/mol. The first-order chi connectivity index (χ1) is 8.65. The molecule has 0 spiro atoms. The van der Waals surface area contributed by atoms with Crippen LogP contribution in [0.25, 0.3) is 17.0 Å². The zero-order chi connectivity index (χ0) is 13.1. The van der Waals surface area contributed by atoms with Crippen LogP contribution in [-0.4, -0.2) is 12.5 Å². The van der Waals surface area contributed by atoms with Gasteiger partial charge in [0.15, 0.2) is 0 Å². The molecule has 18 heavy (non-hydrogen) atoms. The highest BCUT2D eigenvalue weighted by Crippen LogP contribution is 2.25. The molecule has 1 aromatic heterocycles. The predicted molar refractivity (Wildman–Crippen MR) is 84.9 cm³/mol. The highest BCUT2D eigenvalue weighted by Gasteiger charge is 2.10. The van der Waals surface area contributed by atoms with Gasteiger partial charge >= 0.3 is 0 Å². The monoisotopic (exact) mass is 276 g/mol. The molecular weight excluding hydrogens is 258 g/mol. The van der Waals surface area contributed by atoms with Gasteiger partial charge in [-0.2, -0.15) is 4.57 Å². The van der Waals surface area contributed by atoms with Crippen LogP contribution in [0.4, 0.5) is 0 Å².